The SMILES string of the molecule is CC[C@@H](O)[C@@H]([NH3+])CC. The van der Waals surface area contributed by atoms with Crippen LogP contribution in [0.1, 0.15) is 26.7 Å². The van der Waals surface area contributed by atoms with Crippen molar-refractivity contribution in [2.75, 3.05) is 0 Å². The molecule has 0 aromatic carbocycles. The predicted octanol–water partition coefficient (Wildman–Crippen LogP) is -0.222. The highest BCUT2D eigenvalue weighted by Gasteiger charge is 2.12. The van der Waals surface area contributed by atoms with Gasteiger partial charge >= 0.3 is 0 Å². The van der Waals surface area contributed by atoms with Crippen LogP contribution in [0.5, 0.6) is 0 Å². The molecule has 0 fully saturated rings. The summed E-state index contributed by atoms with van der Waals surface area (Å²) in [5.41, 5.74) is 3.78. The molecule has 2 heteroatoms. The largest absolute Gasteiger partial charge is 0.387 e. The summed E-state index contributed by atoms with van der Waals surface area (Å²) in [6.07, 6.45) is 1.59. The average Bonchev–Trinajstić information content (AvgIpc) is 1.84. The number of aliphatic hydroxyl groups excluding tert-OH is 1. The van der Waals surface area contributed by atoms with Crippen molar-refractivity contribution in [2.24, 2.45) is 0 Å². The van der Waals surface area contributed by atoms with Crippen molar-refractivity contribution < 1.29 is 10.8 Å². The lowest BCUT2D eigenvalue weighted by molar-refractivity contribution is -0.438. The molecule has 0 aromatic heterocycles. The van der Waals surface area contributed by atoms with Crippen molar-refractivity contribution in [3.05, 3.63) is 0 Å². The van der Waals surface area contributed by atoms with E-state index in [1.54, 1.807) is 0 Å². The summed E-state index contributed by atoms with van der Waals surface area (Å²) >= 11 is 0. The van der Waals surface area contributed by atoms with Crippen molar-refractivity contribution in [3.8, 4) is 0 Å². The molecule has 0 saturated carbocycles. The van der Waals surface area contributed by atoms with Crippen LogP contribution in [0.3, 0.4) is 0 Å². The Morgan fingerprint density at radius 3 is 2.00 bits per heavy atom. The minimum atomic E-state index is -0.194. The fourth-order valence-electron chi connectivity index (χ4n) is 0.605. The van der Waals surface area contributed by atoms with Crippen molar-refractivity contribution in [1.29, 1.82) is 0 Å². The van der Waals surface area contributed by atoms with E-state index in [1.165, 1.54) is 0 Å². The lowest BCUT2D eigenvalue weighted by Crippen LogP contribution is -2.65. The monoisotopic (exact) mass is 118 g/mol. The van der Waals surface area contributed by atoms with Gasteiger partial charge in [0.25, 0.3) is 0 Å². The van der Waals surface area contributed by atoms with Gasteiger partial charge in [-0.25, -0.2) is 0 Å². The molecule has 4 N–H and O–H groups in total. The molecule has 0 unspecified atom stereocenters. The zero-order chi connectivity index (χ0) is 6.57. The van der Waals surface area contributed by atoms with Gasteiger partial charge < -0.3 is 10.8 Å². The standard InChI is InChI=1S/C6H15NO/c1-3-5(7)6(8)4-2/h5-6,8H,3-4,7H2,1-2H3/p+1/t5-,6+/m0/s1. The molecular formula is C6H16NO+. The molecule has 0 aliphatic heterocycles. The molecule has 0 aliphatic carbocycles. The van der Waals surface area contributed by atoms with Crippen LogP contribution in [0.2, 0.25) is 0 Å². The van der Waals surface area contributed by atoms with Gasteiger partial charge in [0.2, 0.25) is 0 Å². The predicted molar refractivity (Wildman–Crippen MR) is 33.3 cm³/mol. The lowest BCUT2D eigenvalue weighted by Gasteiger charge is -2.10. The topological polar surface area (TPSA) is 47.9 Å². The van der Waals surface area contributed by atoms with Gasteiger partial charge in [0.05, 0.1) is 0 Å². The van der Waals surface area contributed by atoms with Crippen LogP contribution in [0, 0.1) is 0 Å². The second-order valence-corrected chi connectivity index (χ2v) is 2.14. The first-order chi connectivity index (χ1) is 3.72. The van der Waals surface area contributed by atoms with Gasteiger partial charge in [-0.05, 0) is 12.8 Å². The summed E-state index contributed by atoms with van der Waals surface area (Å²) in [6, 6.07) is 0.222. The summed E-state index contributed by atoms with van der Waals surface area (Å²) in [7, 11) is 0. The van der Waals surface area contributed by atoms with E-state index in [1.807, 2.05) is 13.8 Å². The minimum Gasteiger partial charge on any atom is -0.387 e. The molecule has 0 rings (SSSR count). The third-order valence-electron chi connectivity index (χ3n) is 1.49. The van der Waals surface area contributed by atoms with Crippen molar-refractivity contribution in [3.63, 3.8) is 0 Å². The summed E-state index contributed by atoms with van der Waals surface area (Å²) in [6.45, 7) is 4.01. The van der Waals surface area contributed by atoms with Crippen molar-refractivity contribution >= 4 is 0 Å². The summed E-state index contributed by atoms with van der Waals surface area (Å²) in [4.78, 5) is 0. The van der Waals surface area contributed by atoms with Gasteiger partial charge in [0.15, 0.2) is 0 Å². The van der Waals surface area contributed by atoms with E-state index < -0.39 is 0 Å². The second kappa shape index (κ2) is 3.87. The molecule has 0 heterocycles. The maximum absolute atomic E-state index is 9.06. The van der Waals surface area contributed by atoms with Gasteiger partial charge in [-0.3, -0.25) is 0 Å². The average molecular weight is 118 g/mol. The van der Waals surface area contributed by atoms with Crippen LogP contribution in [-0.2, 0) is 0 Å². The Balaban J connectivity index is 3.29. The smallest absolute Gasteiger partial charge is 0.110 e. The van der Waals surface area contributed by atoms with Crippen LogP contribution in [-0.4, -0.2) is 17.3 Å². The summed E-state index contributed by atoms with van der Waals surface area (Å²) in [5, 5.41) is 9.06. The molecule has 50 valence electrons. The van der Waals surface area contributed by atoms with Crippen LogP contribution < -0.4 is 5.73 Å². The van der Waals surface area contributed by atoms with E-state index >= 15 is 0 Å². The van der Waals surface area contributed by atoms with Crippen LogP contribution in [0.15, 0.2) is 0 Å². The van der Waals surface area contributed by atoms with Gasteiger partial charge in [0.1, 0.15) is 12.1 Å². The Labute approximate surface area is 50.7 Å². The molecule has 0 aliphatic rings. The van der Waals surface area contributed by atoms with Crippen LogP contribution >= 0.6 is 0 Å². The molecule has 0 amide bonds. The second-order valence-electron chi connectivity index (χ2n) is 2.14. The van der Waals surface area contributed by atoms with E-state index in [2.05, 4.69) is 5.73 Å². The molecule has 2 atom stereocenters. The lowest BCUT2D eigenvalue weighted by atomic mass is 10.1. The minimum absolute atomic E-state index is 0.194. The summed E-state index contributed by atoms with van der Waals surface area (Å²) < 4.78 is 0. The van der Waals surface area contributed by atoms with Gasteiger partial charge in [-0.15, -0.1) is 0 Å². The first-order valence-electron chi connectivity index (χ1n) is 3.23. The van der Waals surface area contributed by atoms with Crippen LogP contribution in [0.4, 0.5) is 0 Å². The molecule has 8 heavy (non-hydrogen) atoms. The molecule has 0 radical (unpaired) electrons. The number of hydrogen-bond donors (Lipinski definition) is 2. The maximum atomic E-state index is 9.06. The normalized spacial score (nSPS) is 18.0. The van der Waals surface area contributed by atoms with E-state index in [4.69, 9.17) is 5.11 Å². The third kappa shape index (κ3) is 2.28. The molecule has 0 bridgehead atoms. The molecule has 2 nitrogen and oxygen atoms in total. The number of hydrogen-bond acceptors (Lipinski definition) is 1. The van der Waals surface area contributed by atoms with E-state index in [0.717, 1.165) is 12.8 Å². The van der Waals surface area contributed by atoms with Crippen molar-refractivity contribution in [2.45, 2.75) is 38.8 Å². The van der Waals surface area contributed by atoms with Gasteiger partial charge in [0, 0.05) is 0 Å². The van der Waals surface area contributed by atoms with E-state index in [0.29, 0.717) is 0 Å². The Bertz CT molecular complexity index is 48.5. The molecule has 0 saturated heterocycles. The van der Waals surface area contributed by atoms with E-state index in [9.17, 15) is 0 Å². The summed E-state index contributed by atoms with van der Waals surface area (Å²) in [5.74, 6) is 0. The third-order valence-corrected chi connectivity index (χ3v) is 1.49. The highest BCUT2D eigenvalue weighted by Crippen LogP contribution is 1.95. The van der Waals surface area contributed by atoms with Gasteiger partial charge in [-0.2, -0.15) is 0 Å². The quantitative estimate of drug-likeness (QED) is 0.528. The molecular weight excluding hydrogens is 102 g/mol. The Morgan fingerprint density at radius 2 is 1.88 bits per heavy atom. The highest BCUT2D eigenvalue weighted by molar-refractivity contribution is 4.60. The fraction of sp³-hybridized carbons (Fsp3) is 1.00. The first kappa shape index (κ1) is 7.92. The maximum Gasteiger partial charge on any atom is 0.110 e. The van der Waals surface area contributed by atoms with E-state index in [-0.39, 0.29) is 12.1 Å². The number of aliphatic hydroxyl groups is 1. The fourth-order valence-corrected chi connectivity index (χ4v) is 0.605. The highest BCUT2D eigenvalue weighted by atomic mass is 16.3. The Morgan fingerprint density at radius 1 is 1.38 bits per heavy atom. The zero-order valence-electron chi connectivity index (χ0n) is 5.72. The molecule has 0 aromatic rings. The first-order valence-corrected chi connectivity index (χ1v) is 3.23. The zero-order valence-corrected chi connectivity index (χ0v) is 5.72. The van der Waals surface area contributed by atoms with Crippen molar-refractivity contribution in [1.82, 2.24) is 0 Å². The number of quaternary nitrogens is 1. The molecule has 0 spiro atoms. The Kier molecular flexibility index (Phi) is 3.83. The van der Waals surface area contributed by atoms with Crippen LogP contribution in [0.25, 0.3) is 0 Å². The van der Waals surface area contributed by atoms with Gasteiger partial charge in [-0.1, -0.05) is 13.8 Å². The number of rotatable bonds is 3. The Hall–Kier alpha value is -0.0800.